The molecule has 0 saturated carbocycles. The summed E-state index contributed by atoms with van der Waals surface area (Å²) in [5, 5.41) is 8.96. The third-order valence-electron chi connectivity index (χ3n) is 9.43. The third kappa shape index (κ3) is 18.7. The van der Waals surface area contributed by atoms with Crippen LogP contribution in [0.5, 0.6) is 0 Å². The van der Waals surface area contributed by atoms with Crippen molar-refractivity contribution in [1.82, 2.24) is 15.8 Å². The van der Waals surface area contributed by atoms with Gasteiger partial charge in [-0.15, -0.1) is 11.8 Å². The number of pyridine rings is 1. The van der Waals surface area contributed by atoms with E-state index < -0.39 is 30.0 Å². The highest BCUT2D eigenvalue weighted by Crippen LogP contribution is 2.28. The fourth-order valence-electron chi connectivity index (χ4n) is 5.92. The number of urea groups is 1. The molecule has 3 amide bonds. The average Bonchev–Trinajstić information content (AvgIpc) is 3.30. The minimum Gasteiger partial charge on any atom is -0.744 e. The van der Waals surface area contributed by atoms with Crippen molar-refractivity contribution in [3.8, 4) is 0 Å². The molecule has 1 aliphatic rings. The van der Waals surface area contributed by atoms with Crippen molar-refractivity contribution >= 4 is 78.0 Å². The molecule has 6 rings (SSSR count). The Labute approximate surface area is 384 Å². The number of aromatic nitrogens is 1. The van der Waals surface area contributed by atoms with Gasteiger partial charge in [-0.3, -0.25) is 25.5 Å². The average molecular weight is 948 g/mol. The van der Waals surface area contributed by atoms with Crippen LogP contribution in [0, 0.1) is 0 Å². The van der Waals surface area contributed by atoms with E-state index >= 15 is 0 Å². The number of quaternary nitrogens is 1. The van der Waals surface area contributed by atoms with E-state index in [0.717, 1.165) is 86.4 Å². The molecule has 1 aliphatic heterocycles. The largest absolute Gasteiger partial charge is 0.744 e. The second-order valence-electron chi connectivity index (χ2n) is 14.4. The number of carbonyl (C=O) groups excluding carboxylic acids is 2. The predicted molar refractivity (Wildman–Crippen MR) is 253 cm³/mol. The monoisotopic (exact) mass is 947 g/mol. The van der Waals surface area contributed by atoms with E-state index in [0.29, 0.717) is 24.0 Å². The van der Waals surface area contributed by atoms with Gasteiger partial charge in [-0.2, -0.15) is 0 Å². The summed E-state index contributed by atoms with van der Waals surface area (Å²) in [6, 6.07) is 25.6. The predicted octanol–water partition coefficient (Wildman–Crippen LogP) is 6.73. The number of rotatable bonds is 19. The van der Waals surface area contributed by atoms with E-state index in [2.05, 4.69) is 62.6 Å². The smallest absolute Gasteiger partial charge is 0.323 e. The molecule has 4 aromatic carbocycles. The van der Waals surface area contributed by atoms with Gasteiger partial charge in [-0.25, -0.2) is 32.5 Å². The number of hydroxylamine groups is 1. The van der Waals surface area contributed by atoms with Gasteiger partial charge in [0.05, 0.1) is 27.6 Å². The Bertz CT molecular complexity index is 2490. The number of benzene rings is 4. The molecule has 1 atom stereocenters. The molecule has 2 heterocycles. The van der Waals surface area contributed by atoms with E-state index in [1.54, 1.807) is 24.5 Å². The Morgan fingerprint density at radius 1 is 0.785 bits per heavy atom. The summed E-state index contributed by atoms with van der Waals surface area (Å²) in [5.74, 6) is 3.52. The SMILES string of the molecule is CCC(C)Sc1ccc(NC(=O)Nc2ccc(N[NH3+])cc2)cc1.O=C(NCCCCCCNOCC1=CCCN=C1)c1cccnc1.O=S(=O)([O-])c1cccc2c(S(=O)(=O)[O-])cccc12. The zero-order valence-corrected chi connectivity index (χ0v) is 38.6. The van der Waals surface area contributed by atoms with Crippen LogP contribution in [0.25, 0.3) is 10.8 Å². The second kappa shape index (κ2) is 26.9. The topological polar surface area (TPSA) is 271 Å². The number of anilines is 3. The maximum atomic E-state index is 12.0. The fourth-order valence-corrected chi connectivity index (χ4v) is 8.23. The molecule has 1 aromatic heterocycles. The normalized spacial score (nSPS) is 12.7. The van der Waals surface area contributed by atoms with Crippen LogP contribution in [0.1, 0.15) is 62.7 Å². The molecule has 0 spiro atoms. The maximum Gasteiger partial charge on any atom is 0.323 e. The Balaban J connectivity index is 0.000000216. The first-order valence-corrected chi connectivity index (χ1v) is 24.5. The number of fused-ring (bicyclic) bond motifs is 1. The molecule has 0 radical (unpaired) electrons. The van der Waals surface area contributed by atoms with Gasteiger partial charge in [0.15, 0.2) is 0 Å². The van der Waals surface area contributed by atoms with Crippen molar-refractivity contribution in [3.63, 3.8) is 0 Å². The molecule has 348 valence electrons. The zero-order valence-electron chi connectivity index (χ0n) is 36.2. The van der Waals surface area contributed by atoms with Crippen LogP contribution in [-0.2, 0) is 25.1 Å². The summed E-state index contributed by atoms with van der Waals surface area (Å²) in [4.78, 5) is 37.4. The van der Waals surface area contributed by atoms with Crippen LogP contribution in [-0.4, -0.2) is 80.6 Å². The number of nitrogens with one attached hydrogen (secondary N) is 5. The quantitative estimate of drug-likeness (QED) is 0.0217. The molecule has 17 nitrogen and oxygen atoms in total. The van der Waals surface area contributed by atoms with Crippen LogP contribution >= 0.6 is 11.8 Å². The number of hydrogen-bond acceptors (Lipinski definition) is 14. The molecular weight excluding hydrogens is 893 g/mol. The van der Waals surface area contributed by atoms with Crippen molar-refractivity contribution in [2.75, 3.05) is 42.3 Å². The molecule has 5 aromatic rings. The first-order valence-electron chi connectivity index (χ1n) is 20.8. The van der Waals surface area contributed by atoms with Gasteiger partial charge < -0.3 is 25.1 Å². The second-order valence-corrected chi connectivity index (χ2v) is 18.6. The van der Waals surface area contributed by atoms with E-state index in [4.69, 9.17) is 4.84 Å². The van der Waals surface area contributed by atoms with Gasteiger partial charge in [0.25, 0.3) is 5.91 Å². The summed E-state index contributed by atoms with van der Waals surface area (Å²) in [6.45, 7) is 7.39. The highest BCUT2D eigenvalue weighted by atomic mass is 32.2. The zero-order chi connectivity index (χ0) is 47.1. The van der Waals surface area contributed by atoms with Crippen LogP contribution in [0.3, 0.4) is 0 Å². The Morgan fingerprint density at radius 3 is 1.89 bits per heavy atom. The number of aliphatic imine (C=N–C) groups is 1. The third-order valence-corrected chi connectivity index (χ3v) is 12.5. The summed E-state index contributed by atoms with van der Waals surface area (Å²) < 4.78 is 66.1. The Kier molecular flexibility index (Phi) is 21.5. The van der Waals surface area contributed by atoms with Gasteiger partial charge in [0.1, 0.15) is 20.2 Å². The number of thioether (sulfide) groups is 1. The van der Waals surface area contributed by atoms with Gasteiger partial charge >= 0.3 is 6.03 Å². The molecule has 65 heavy (non-hydrogen) atoms. The molecule has 0 aliphatic carbocycles. The molecule has 0 fully saturated rings. The van der Waals surface area contributed by atoms with Gasteiger partial charge in [-0.05, 0) is 104 Å². The first kappa shape index (κ1) is 51.9. The highest BCUT2D eigenvalue weighted by Gasteiger charge is 2.13. The standard InChI is InChI=1S/C18H26N4O2.C17H22N4OS.C10H8O6S2/c23-18(17-8-6-10-20-14-17)21-11-3-1-2-4-12-22-24-15-16-7-5-9-19-13-16;1-3-12(2)23-16-10-8-14(9-11-16)20-17(22)19-13-4-6-15(21-18)7-5-13;11-17(12,13)9-5-1-3-7-8(9)4-2-6-10(7)18(14,15)16/h6-8,10,13-14,22H,1-5,9,11-12,15H2,(H,21,23);4-12,21H,3,18H2,1-2H3,(H2,19,20,22);1-6H,(H,11,12,13)(H,14,15,16)/p-1. The molecule has 1 unspecified atom stereocenters. The van der Waals surface area contributed by atoms with Crippen LogP contribution in [0.4, 0.5) is 21.9 Å². The highest BCUT2D eigenvalue weighted by molar-refractivity contribution is 8.00. The van der Waals surface area contributed by atoms with Crippen molar-refractivity contribution in [3.05, 3.63) is 127 Å². The number of dihydropyridines is 1. The first-order chi connectivity index (χ1) is 31.2. The number of amides is 3. The number of unbranched alkanes of at least 4 members (excludes halogenated alkanes) is 3. The summed E-state index contributed by atoms with van der Waals surface area (Å²) in [5.41, 5.74) is 9.91. The van der Waals surface area contributed by atoms with Crippen LogP contribution in [0.15, 0.2) is 141 Å². The van der Waals surface area contributed by atoms with Crippen molar-refractivity contribution in [1.29, 1.82) is 0 Å². The molecule has 8 N–H and O–H groups in total. The maximum absolute atomic E-state index is 12.0. The van der Waals surface area contributed by atoms with E-state index in [-0.39, 0.29) is 22.7 Å². The van der Waals surface area contributed by atoms with Crippen molar-refractivity contribution in [2.45, 2.75) is 72.3 Å². The summed E-state index contributed by atoms with van der Waals surface area (Å²) >= 11 is 1.84. The lowest BCUT2D eigenvalue weighted by molar-refractivity contribution is -0.325. The number of nitrogens with zero attached hydrogens (tertiary/aromatic N) is 2. The lowest BCUT2D eigenvalue weighted by Gasteiger charge is -2.14. The van der Waals surface area contributed by atoms with E-state index in [1.807, 2.05) is 66.5 Å². The Hall–Kier alpha value is -5.71. The summed E-state index contributed by atoms with van der Waals surface area (Å²) in [7, 11) is -9.48. The fraction of sp³-hybridized carbons (Fsp3) is 0.289. The lowest BCUT2D eigenvalue weighted by atomic mass is 10.1. The molecule has 20 heteroatoms. The van der Waals surface area contributed by atoms with Crippen molar-refractivity contribution in [2.24, 2.45) is 4.99 Å². The van der Waals surface area contributed by atoms with E-state index in [9.17, 15) is 35.5 Å². The molecule has 0 saturated heterocycles. The van der Waals surface area contributed by atoms with Gasteiger partial charge in [0.2, 0.25) is 0 Å². The molecular formula is C45H55N8O9S3-. The Morgan fingerprint density at radius 2 is 1.37 bits per heavy atom. The minimum absolute atomic E-state index is 0.0567. The lowest BCUT2D eigenvalue weighted by Crippen LogP contribution is -2.56. The van der Waals surface area contributed by atoms with Gasteiger partial charge in [-0.1, -0.05) is 57.0 Å². The number of hydrogen-bond donors (Lipinski definition) is 6. The summed E-state index contributed by atoms with van der Waals surface area (Å²) in [6.07, 6.45) is 13.7. The van der Waals surface area contributed by atoms with E-state index in [1.165, 1.54) is 29.2 Å². The van der Waals surface area contributed by atoms with Gasteiger partial charge in [0, 0.05) is 70.5 Å². The van der Waals surface area contributed by atoms with Crippen LogP contribution in [0.2, 0.25) is 0 Å². The van der Waals surface area contributed by atoms with Crippen LogP contribution < -0.4 is 32.7 Å². The van der Waals surface area contributed by atoms with Crippen molar-refractivity contribution < 1.29 is 46.2 Å². The number of carbonyl (C=O) groups is 2. The minimum atomic E-state index is -4.74. The molecule has 0 bridgehead atoms.